The molecule has 0 spiro atoms. The number of amides is 2. The topological polar surface area (TPSA) is 61.2 Å². The second-order valence-electron chi connectivity index (χ2n) is 6.85. The van der Waals surface area contributed by atoms with Gasteiger partial charge in [-0.15, -0.1) is 10.1 Å². The number of carbonyl (C=O) groups excluding carboxylic acids is 2. The van der Waals surface area contributed by atoms with E-state index in [0.717, 1.165) is 11.1 Å². The monoisotopic (exact) mass is 438 g/mol. The average Bonchev–Trinajstić information content (AvgIpc) is 3.05. The Kier molecular flexibility index (Phi) is 5.84. The Morgan fingerprint density at radius 3 is 2.30 bits per heavy atom. The van der Waals surface area contributed by atoms with Gasteiger partial charge in [0, 0.05) is 16.1 Å². The number of hydrogen-bond acceptors (Lipinski definition) is 2. The van der Waals surface area contributed by atoms with Gasteiger partial charge in [0.15, 0.2) is 6.04 Å². The van der Waals surface area contributed by atoms with E-state index in [1.54, 1.807) is 53.4 Å². The number of halogens is 2. The summed E-state index contributed by atoms with van der Waals surface area (Å²) < 4.78 is 1.67. The van der Waals surface area contributed by atoms with Crippen molar-refractivity contribution >= 4 is 41.2 Å². The Balaban J connectivity index is 1.73. The molecule has 0 unspecified atom stereocenters. The first-order chi connectivity index (χ1) is 14.5. The molecule has 1 aliphatic heterocycles. The Hall–Kier alpha value is -3.15. The van der Waals surface area contributed by atoms with Crippen LogP contribution in [0.25, 0.3) is 0 Å². The fourth-order valence-electron chi connectivity index (χ4n) is 3.38. The van der Waals surface area contributed by atoms with Crippen molar-refractivity contribution in [1.29, 1.82) is 0 Å². The highest BCUT2D eigenvalue weighted by Crippen LogP contribution is 2.27. The van der Waals surface area contributed by atoms with E-state index in [9.17, 15) is 9.59 Å². The van der Waals surface area contributed by atoms with Crippen LogP contribution in [0, 0.1) is 0 Å². The third kappa shape index (κ3) is 4.22. The minimum atomic E-state index is -0.808. The molecule has 30 heavy (non-hydrogen) atoms. The summed E-state index contributed by atoms with van der Waals surface area (Å²) >= 11 is 12.3. The highest BCUT2D eigenvalue weighted by Gasteiger charge is 2.47. The van der Waals surface area contributed by atoms with Crippen molar-refractivity contribution in [2.24, 2.45) is 0 Å². The van der Waals surface area contributed by atoms with Crippen LogP contribution in [0.3, 0.4) is 0 Å². The number of hydrazine groups is 1. The Bertz CT molecular complexity index is 1110. The molecule has 0 bridgehead atoms. The first-order valence-corrected chi connectivity index (χ1v) is 10.1. The van der Waals surface area contributed by atoms with Crippen LogP contribution < -0.4 is 10.7 Å². The number of nitrogens with one attached hydrogen (secondary N) is 2. The third-order valence-electron chi connectivity index (χ3n) is 4.85. The molecule has 4 rings (SSSR count). The van der Waals surface area contributed by atoms with E-state index in [1.807, 2.05) is 36.4 Å². The summed E-state index contributed by atoms with van der Waals surface area (Å²) in [6, 6.07) is 22.0. The highest BCUT2D eigenvalue weighted by molar-refractivity contribution is 6.33. The molecular weight excluding hydrogens is 421 g/mol. The van der Waals surface area contributed by atoms with Crippen molar-refractivity contribution in [2.75, 3.05) is 0 Å². The number of hydrazone groups is 1. The lowest BCUT2D eigenvalue weighted by molar-refractivity contribution is -0.596. The van der Waals surface area contributed by atoms with E-state index in [-0.39, 0.29) is 11.8 Å². The highest BCUT2D eigenvalue weighted by atomic mass is 35.5. The lowest BCUT2D eigenvalue weighted by Gasteiger charge is -2.15. The number of nitrogens with zero attached hydrogens (tertiary/aromatic N) is 1. The van der Waals surface area contributed by atoms with Gasteiger partial charge in [-0.2, -0.15) is 0 Å². The van der Waals surface area contributed by atoms with Crippen LogP contribution in [0.4, 0.5) is 0 Å². The van der Waals surface area contributed by atoms with Crippen LogP contribution in [-0.4, -0.2) is 28.8 Å². The van der Waals surface area contributed by atoms with Crippen LogP contribution in [0.15, 0.2) is 78.9 Å². The van der Waals surface area contributed by atoms with E-state index >= 15 is 0 Å². The van der Waals surface area contributed by atoms with Gasteiger partial charge in [-0.05, 0) is 36.4 Å². The summed E-state index contributed by atoms with van der Waals surface area (Å²) in [5.74, 6) is -0.642. The molecule has 2 N–H and O–H groups in total. The molecular formula is C23H18Cl2N3O2+. The molecule has 0 aliphatic carbocycles. The first-order valence-electron chi connectivity index (χ1n) is 9.32. The number of benzene rings is 3. The molecule has 3 aromatic carbocycles. The lowest BCUT2D eigenvalue weighted by Crippen LogP contribution is -2.42. The number of hydrogen-bond donors (Lipinski definition) is 2. The van der Waals surface area contributed by atoms with Crippen LogP contribution in [0.1, 0.15) is 27.5 Å². The molecule has 1 aliphatic rings. The van der Waals surface area contributed by atoms with Gasteiger partial charge in [0.2, 0.25) is 12.3 Å². The summed E-state index contributed by atoms with van der Waals surface area (Å²) in [5.41, 5.74) is 4.88. The standard InChI is InChI=1S/C23H17Cl2N3O2/c24-18-12-10-15(11-13-18)21-20(26-22(29)16-6-2-1-3-7-16)23(30)27-28(21)14-17-8-4-5-9-19(17)25/h1-14,20-21H,(H-,26,27,29,30)/p+1/b28-14-/t20-,21-/m1/s1. The zero-order valence-corrected chi connectivity index (χ0v) is 17.3. The lowest BCUT2D eigenvalue weighted by atomic mass is 10.00. The molecule has 1 fully saturated rings. The molecule has 1 saturated heterocycles. The van der Waals surface area contributed by atoms with Crippen molar-refractivity contribution in [3.63, 3.8) is 0 Å². The fourth-order valence-corrected chi connectivity index (χ4v) is 3.69. The minimum Gasteiger partial charge on any atom is -0.334 e. The van der Waals surface area contributed by atoms with Gasteiger partial charge < -0.3 is 5.32 Å². The predicted octanol–water partition coefficient (Wildman–Crippen LogP) is 4.01. The average molecular weight is 439 g/mol. The maximum absolute atomic E-state index is 12.8. The van der Waals surface area contributed by atoms with Crippen molar-refractivity contribution < 1.29 is 14.3 Å². The summed E-state index contributed by atoms with van der Waals surface area (Å²) in [6.45, 7) is 0. The van der Waals surface area contributed by atoms with Crippen molar-refractivity contribution in [3.8, 4) is 0 Å². The summed E-state index contributed by atoms with van der Waals surface area (Å²) in [5, 5.41) is 4.00. The van der Waals surface area contributed by atoms with Gasteiger partial charge in [0.25, 0.3) is 5.91 Å². The molecule has 2 atom stereocenters. The first kappa shape index (κ1) is 20.1. The largest absolute Gasteiger partial charge is 0.334 e. The summed E-state index contributed by atoms with van der Waals surface area (Å²) in [7, 11) is 0. The second-order valence-corrected chi connectivity index (χ2v) is 7.69. The van der Waals surface area contributed by atoms with Gasteiger partial charge >= 0.3 is 5.91 Å². The predicted molar refractivity (Wildman–Crippen MR) is 117 cm³/mol. The van der Waals surface area contributed by atoms with E-state index in [1.165, 1.54) is 0 Å². The Morgan fingerprint density at radius 1 is 0.933 bits per heavy atom. The molecule has 0 saturated carbocycles. The van der Waals surface area contributed by atoms with Crippen molar-refractivity contribution in [2.45, 2.75) is 12.1 Å². The fraction of sp³-hybridized carbons (Fsp3) is 0.0870. The quantitative estimate of drug-likeness (QED) is 0.604. The van der Waals surface area contributed by atoms with Gasteiger partial charge in [0.1, 0.15) is 0 Å². The SMILES string of the molecule is O=C(N[C@H]1C(=O)N/[N+](=C\c2ccccc2Cl)[C@@H]1c1ccc(Cl)cc1)c1ccccc1. The maximum Gasteiger partial charge on any atom is 0.304 e. The molecule has 5 nitrogen and oxygen atoms in total. The molecule has 150 valence electrons. The molecule has 2 amide bonds. The number of carbonyl (C=O) groups is 2. The van der Waals surface area contributed by atoms with Gasteiger partial charge in [-0.25, -0.2) is 0 Å². The van der Waals surface area contributed by atoms with Crippen molar-refractivity contribution in [3.05, 3.63) is 106 Å². The van der Waals surface area contributed by atoms with Crippen molar-refractivity contribution in [1.82, 2.24) is 10.7 Å². The van der Waals surface area contributed by atoms with Crippen LogP contribution in [-0.2, 0) is 4.79 Å². The van der Waals surface area contributed by atoms with E-state index < -0.39 is 12.1 Å². The Morgan fingerprint density at radius 2 is 1.60 bits per heavy atom. The summed E-state index contributed by atoms with van der Waals surface area (Å²) in [4.78, 5) is 25.6. The maximum atomic E-state index is 12.8. The smallest absolute Gasteiger partial charge is 0.304 e. The van der Waals surface area contributed by atoms with Gasteiger partial charge in [-0.1, -0.05) is 65.7 Å². The molecule has 3 aromatic rings. The van der Waals surface area contributed by atoms with Gasteiger partial charge in [0.05, 0.1) is 10.6 Å². The zero-order valence-electron chi connectivity index (χ0n) is 15.8. The van der Waals surface area contributed by atoms with Crippen LogP contribution in [0.2, 0.25) is 10.0 Å². The molecule has 1 heterocycles. The molecule has 0 aromatic heterocycles. The van der Waals surface area contributed by atoms with Gasteiger partial charge in [-0.3, -0.25) is 9.59 Å². The molecule has 7 heteroatoms. The normalized spacial score (nSPS) is 19.5. The third-order valence-corrected chi connectivity index (χ3v) is 5.45. The van der Waals surface area contributed by atoms with E-state index in [4.69, 9.17) is 23.2 Å². The summed E-state index contributed by atoms with van der Waals surface area (Å²) in [6.07, 6.45) is 1.76. The van der Waals surface area contributed by atoms with Crippen LogP contribution >= 0.6 is 23.2 Å². The van der Waals surface area contributed by atoms with E-state index in [0.29, 0.717) is 15.6 Å². The zero-order chi connectivity index (χ0) is 21.1. The minimum absolute atomic E-state index is 0.317. The second kappa shape index (κ2) is 8.69. The number of rotatable bonds is 4. The van der Waals surface area contributed by atoms with Crippen LogP contribution in [0.5, 0.6) is 0 Å². The Labute approximate surface area is 183 Å². The van der Waals surface area contributed by atoms with E-state index in [2.05, 4.69) is 10.7 Å². The molecule has 0 radical (unpaired) electrons.